The van der Waals surface area contributed by atoms with E-state index in [1.807, 2.05) is 24.3 Å². The first-order chi connectivity index (χ1) is 15.1. The molecule has 0 radical (unpaired) electrons. The summed E-state index contributed by atoms with van der Waals surface area (Å²) in [4.78, 5) is 10.6. The zero-order valence-corrected chi connectivity index (χ0v) is 17.9. The van der Waals surface area contributed by atoms with Gasteiger partial charge in [0.1, 0.15) is 11.5 Å². The van der Waals surface area contributed by atoms with E-state index in [4.69, 9.17) is 4.98 Å². The van der Waals surface area contributed by atoms with Crippen LogP contribution in [0.25, 0.3) is 33.5 Å². The van der Waals surface area contributed by atoms with Crippen LogP contribution in [0.15, 0.2) is 48.7 Å². The molecule has 0 saturated carbocycles. The molecule has 4 aromatic rings. The van der Waals surface area contributed by atoms with E-state index in [0.717, 1.165) is 88.5 Å². The molecule has 2 N–H and O–H groups in total. The average Bonchev–Trinajstić information content (AvgIpc) is 3.46. The number of rotatable bonds is 6. The summed E-state index contributed by atoms with van der Waals surface area (Å²) in [6.07, 6.45) is 2.95. The summed E-state index contributed by atoms with van der Waals surface area (Å²) in [6.45, 7) is 10.0. The molecule has 0 spiro atoms. The minimum Gasteiger partial charge on any atom is -0.363 e. The Morgan fingerprint density at radius 1 is 1.16 bits per heavy atom. The molecule has 0 amide bonds. The van der Waals surface area contributed by atoms with Crippen molar-refractivity contribution < 1.29 is 4.39 Å². The number of benzene rings is 2. The van der Waals surface area contributed by atoms with E-state index in [1.54, 1.807) is 6.07 Å². The Bertz CT molecular complexity index is 1260. The standard InChI is InChI=1S/C25H26FN5/c1-4-6-15(3)31-13-22-23(14-31)28-25(27-22)24-19-10-8-17(11-21(19)29-30-24)20-12-18(26)9-7-16(20)5-2/h7-12H,3-6,13-14H2,1-2H3,(H,27,28)(H,29,30). The van der Waals surface area contributed by atoms with Gasteiger partial charge in [-0.1, -0.05) is 39.0 Å². The number of nitrogens with one attached hydrogen (secondary N) is 2. The number of nitrogens with zero attached hydrogens (tertiary/aromatic N) is 3. The third-order valence-electron chi connectivity index (χ3n) is 6.09. The zero-order valence-electron chi connectivity index (χ0n) is 17.9. The molecule has 0 aliphatic carbocycles. The van der Waals surface area contributed by atoms with Gasteiger partial charge in [0.2, 0.25) is 0 Å². The lowest BCUT2D eigenvalue weighted by Crippen LogP contribution is -2.15. The van der Waals surface area contributed by atoms with Crippen molar-refractivity contribution in [2.24, 2.45) is 0 Å². The predicted molar refractivity (Wildman–Crippen MR) is 122 cm³/mol. The van der Waals surface area contributed by atoms with Crippen molar-refractivity contribution in [1.29, 1.82) is 0 Å². The van der Waals surface area contributed by atoms with Crippen molar-refractivity contribution in [3.63, 3.8) is 0 Å². The van der Waals surface area contributed by atoms with Crippen LogP contribution in [0.2, 0.25) is 0 Å². The van der Waals surface area contributed by atoms with Crippen LogP contribution in [0, 0.1) is 5.82 Å². The topological polar surface area (TPSA) is 60.6 Å². The summed E-state index contributed by atoms with van der Waals surface area (Å²) < 4.78 is 13.9. The summed E-state index contributed by atoms with van der Waals surface area (Å²) in [6, 6.07) is 11.1. The van der Waals surface area contributed by atoms with E-state index in [0.29, 0.717) is 0 Å². The summed E-state index contributed by atoms with van der Waals surface area (Å²) in [5, 5.41) is 8.66. The molecule has 1 aliphatic heterocycles. The minimum absolute atomic E-state index is 0.224. The second-order valence-electron chi connectivity index (χ2n) is 8.17. The van der Waals surface area contributed by atoms with E-state index in [1.165, 1.54) is 6.07 Å². The number of aromatic amines is 2. The molecule has 158 valence electrons. The Kier molecular flexibility index (Phi) is 4.85. The van der Waals surface area contributed by atoms with E-state index in [2.05, 4.69) is 40.5 Å². The van der Waals surface area contributed by atoms with Gasteiger partial charge in [-0.2, -0.15) is 5.10 Å². The Hall–Kier alpha value is -3.41. The van der Waals surface area contributed by atoms with Crippen LogP contribution in [0.3, 0.4) is 0 Å². The van der Waals surface area contributed by atoms with Gasteiger partial charge in [0.25, 0.3) is 0 Å². The van der Waals surface area contributed by atoms with Crippen molar-refractivity contribution in [2.45, 2.75) is 46.2 Å². The van der Waals surface area contributed by atoms with Gasteiger partial charge in [0.15, 0.2) is 5.82 Å². The van der Waals surface area contributed by atoms with E-state index < -0.39 is 0 Å². The Morgan fingerprint density at radius 2 is 2.03 bits per heavy atom. The van der Waals surface area contributed by atoms with Crippen molar-refractivity contribution in [3.8, 4) is 22.6 Å². The largest absolute Gasteiger partial charge is 0.363 e. The van der Waals surface area contributed by atoms with Gasteiger partial charge in [0.05, 0.1) is 30.0 Å². The fourth-order valence-electron chi connectivity index (χ4n) is 4.41. The third-order valence-corrected chi connectivity index (χ3v) is 6.09. The highest BCUT2D eigenvalue weighted by atomic mass is 19.1. The molecule has 0 unspecified atom stereocenters. The molecule has 2 aromatic carbocycles. The molecular weight excluding hydrogens is 389 g/mol. The second-order valence-corrected chi connectivity index (χ2v) is 8.17. The minimum atomic E-state index is -0.224. The lowest BCUT2D eigenvalue weighted by Gasteiger charge is -2.19. The Balaban J connectivity index is 1.46. The highest BCUT2D eigenvalue weighted by molar-refractivity contribution is 5.94. The Morgan fingerprint density at radius 3 is 2.81 bits per heavy atom. The maximum atomic E-state index is 13.9. The molecule has 31 heavy (non-hydrogen) atoms. The van der Waals surface area contributed by atoms with Crippen LogP contribution in [0.5, 0.6) is 0 Å². The summed E-state index contributed by atoms with van der Waals surface area (Å²) >= 11 is 0. The number of hydrogen-bond acceptors (Lipinski definition) is 3. The fraction of sp³-hybridized carbons (Fsp3) is 0.280. The first kappa shape index (κ1) is 19.5. The maximum absolute atomic E-state index is 13.9. The molecule has 0 atom stereocenters. The average molecular weight is 416 g/mol. The normalized spacial score (nSPS) is 13.2. The zero-order chi connectivity index (χ0) is 21.5. The highest BCUT2D eigenvalue weighted by Gasteiger charge is 2.25. The molecule has 3 heterocycles. The van der Waals surface area contributed by atoms with Gasteiger partial charge >= 0.3 is 0 Å². The summed E-state index contributed by atoms with van der Waals surface area (Å²) in [7, 11) is 0. The molecule has 0 bridgehead atoms. The van der Waals surface area contributed by atoms with Crippen LogP contribution in [-0.4, -0.2) is 25.1 Å². The number of aromatic nitrogens is 4. The van der Waals surface area contributed by atoms with E-state index in [9.17, 15) is 4.39 Å². The molecule has 2 aromatic heterocycles. The lowest BCUT2D eigenvalue weighted by atomic mass is 9.97. The number of fused-ring (bicyclic) bond motifs is 2. The van der Waals surface area contributed by atoms with Gasteiger partial charge in [-0.05, 0) is 53.8 Å². The molecular formula is C25H26FN5. The molecule has 5 rings (SSSR count). The van der Waals surface area contributed by atoms with Crippen molar-refractivity contribution in [3.05, 3.63) is 71.4 Å². The number of imidazole rings is 1. The van der Waals surface area contributed by atoms with Crippen LogP contribution in [0.4, 0.5) is 4.39 Å². The lowest BCUT2D eigenvalue weighted by molar-refractivity contribution is 0.344. The molecule has 5 nitrogen and oxygen atoms in total. The van der Waals surface area contributed by atoms with Gasteiger partial charge in [-0.15, -0.1) is 0 Å². The quantitative estimate of drug-likeness (QED) is 0.409. The van der Waals surface area contributed by atoms with Gasteiger partial charge < -0.3 is 9.88 Å². The van der Waals surface area contributed by atoms with Gasteiger partial charge in [-0.25, -0.2) is 9.37 Å². The van der Waals surface area contributed by atoms with Crippen LogP contribution < -0.4 is 0 Å². The number of H-pyrrole nitrogens is 2. The smallest absolute Gasteiger partial charge is 0.159 e. The van der Waals surface area contributed by atoms with Gasteiger partial charge in [-0.3, -0.25) is 5.10 Å². The first-order valence-corrected chi connectivity index (χ1v) is 10.8. The molecule has 1 aliphatic rings. The SMILES string of the molecule is C=C(CCC)N1Cc2nc(-c3n[nH]c4cc(-c5cc(F)ccc5CC)ccc34)[nH]c2C1. The number of hydrogen-bond donors (Lipinski definition) is 2. The molecule has 6 heteroatoms. The van der Waals surface area contributed by atoms with Crippen LogP contribution >= 0.6 is 0 Å². The molecule has 0 saturated heterocycles. The highest BCUT2D eigenvalue weighted by Crippen LogP contribution is 2.33. The van der Waals surface area contributed by atoms with Crippen LogP contribution in [-0.2, 0) is 19.5 Å². The number of aryl methyl sites for hydroxylation is 1. The predicted octanol–water partition coefficient (Wildman–Crippen LogP) is 5.95. The number of halogens is 1. The maximum Gasteiger partial charge on any atom is 0.159 e. The van der Waals surface area contributed by atoms with Crippen molar-refractivity contribution in [1.82, 2.24) is 25.1 Å². The molecule has 0 fully saturated rings. The number of allylic oxidation sites excluding steroid dienone is 1. The van der Waals surface area contributed by atoms with Crippen molar-refractivity contribution >= 4 is 10.9 Å². The van der Waals surface area contributed by atoms with Crippen molar-refractivity contribution in [2.75, 3.05) is 0 Å². The summed E-state index contributed by atoms with van der Waals surface area (Å²) in [5.41, 5.74) is 8.10. The van der Waals surface area contributed by atoms with E-state index in [-0.39, 0.29) is 5.82 Å². The van der Waals surface area contributed by atoms with E-state index >= 15 is 0 Å². The third kappa shape index (κ3) is 3.42. The Labute approximate surface area is 181 Å². The second kappa shape index (κ2) is 7.69. The fourth-order valence-corrected chi connectivity index (χ4v) is 4.41. The summed E-state index contributed by atoms with van der Waals surface area (Å²) in [5.74, 6) is 0.558. The first-order valence-electron chi connectivity index (χ1n) is 10.8. The monoisotopic (exact) mass is 415 g/mol. The van der Waals surface area contributed by atoms with Crippen LogP contribution in [0.1, 0.15) is 43.6 Å². The van der Waals surface area contributed by atoms with Gasteiger partial charge in [0, 0.05) is 11.1 Å².